The molecule has 2 rings (SSSR count). The number of nitrogens with zero attached hydrogens (tertiary/aromatic N) is 2. The van der Waals surface area contributed by atoms with Gasteiger partial charge in [0.2, 0.25) is 10.0 Å². The molecule has 0 aliphatic rings. The smallest absolute Gasteiger partial charge is 0.271 e. The second-order valence-electron chi connectivity index (χ2n) is 4.80. The van der Waals surface area contributed by atoms with Gasteiger partial charge in [0.25, 0.3) is 5.69 Å². The lowest BCUT2D eigenvalue weighted by atomic mass is 10.1. The first-order valence-corrected chi connectivity index (χ1v) is 8.90. The Bertz CT molecular complexity index is 911. The van der Waals surface area contributed by atoms with E-state index in [-0.39, 0.29) is 10.6 Å². The summed E-state index contributed by atoms with van der Waals surface area (Å²) in [6, 6.07) is 10.7. The van der Waals surface area contributed by atoms with Crippen molar-refractivity contribution in [2.45, 2.75) is 11.8 Å². The zero-order chi connectivity index (χ0) is 17.9. The molecule has 0 atom stereocenters. The quantitative estimate of drug-likeness (QED) is 0.443. The van der Waals surface area contributed by atoms with Crippen LogP contribution in [0.15, 0.2) is 56.9 Å². The number of anilines is 1. The highest BCUT2D eigenvalue weighted by Crippen LogP contribution is 2.27. The molecule has 0 saturated heterocycles. The number of hydrogen-bond donors (Lipinski definition) is 2. The third-order valence-electron chi connectivity index (χ3n) is 3.10. The molecule has 0 saturated carbocycles. The highest BCUT2D eigenvalue weighted by molar-refractivity contribution is 9.10. The molecule has 0 spiro atoms. The third-order valence-corrected chi connectivity index (χ3v) is 4.54. The van der Waals surface area contributed by atoms with Crippen molar-refractivity contribution in [1.29, 1.82) is 0 Å². The molecular weight excluding hydrogens is 400 g/mol. The van der Waals surface area contributed by atoms with E-state index < -0.39 is 20.6 Å². The number of rotatable bonds is 5. The maximum Gasteiger partial charge on any atom is 0.295 e. The topological polar surface area (TPSA) is 128 Å². The molecule has 2 aromatic carbocycles. The number of hydrazone groups is 1. The molecule has 10 heteroatoms. The van der Waals surface area contributed by atoms with Gasteiger partial charge in [-0.1, -0.05) is 28.1 Å². The van der Waals surface area contributed by atoms with Crippen molar-refractivity contribution in [3.8, 4) is 0 Å². The fraction of sp³-hybridized carbons (Fsp3) is 0.0714. The Kier molecular flexibility index (Phi) is 5.32. The van der Waals surface area contributed by atoms with E-state index >= 15 is 0 Å². The number of halogens is 1. The van der Waals surface area contributed by atoms with Gasteiger partial charge in [0.05, 0.1) is 15.5 Å². The van der Waals surface area contributed by atoms with Gasteiger partial charge < -0.3 is 0 Å². The Morgan fingerprint density at radius 3 is 2.42 bits per heavy atom. The molecule has 0 heterocycles. The minimum Gasteiger partial charge on any atom is -0.271 e. The van der Waals surface area contributed by atoms with Crippen LogP contribution in [0.1, 0.15) is 12.5 Å². The Balaban J connectivity index is 2.33. The van der Waals surface area contributed by atoms with Crippen LogP contribution in [0, 0.1) is 10.1 Å². The van der Waals surface area contributed by atoms with Gasteiger partial charge in [-0.25, -0.2) is 13.6 Å². The summed E-state index contributed by atoms with van der Waals surface area (Å²) in [5.74, 6) is 0. The van der Waals surface area contributed by atoms with Crippen molar-refractivity contribution in [1.82, 2.24) is 0 Å². The molecule has 126 valence electrons. The SMILES string of the molecule is C/C(=N\Nc1ccc(S(N)(=O)=O)cc1[N+](=O)[O-])c1ccc(Br)cc1. The van der Waals surface area contributed by atoms with E-state index in [0.29, 0.717) is 5.71 Å². The molecule has 3 N–H and O–H groups in total. The van der Waals surface area contributed by atoms with Crippen molar-refractivity contribution in [3.63, 3.8) is 0 Å². The first-order chi connectivity index (χ1) is 11.2. The fourth-order valence-corrected chi connectivity index (χ4v) is 2.63. The molecule has 0 amide bonds. The van der Waals surface area contributed by atoms with Gasteiger partial charge in [0, 0.05) is 10.5 Å². The lowest BCUT2D eigenvalue weighted by Gasteiger charge is -2.06. The molecule has 0 aliphatic heterocycles. The number of benzene rings is 2. The van der Waals surface area contributed by atoms with E-state index in [0.717, 1.165) is 16.1 Å². The van der Waals surface area contributed by atoms with Crippen LogP contribution in [-0.2, 0) is 10.0 Å². The number of nitro benzene ring substituents is 1. The van der Waals surface area contributed by atoms with Gasteiger partial charge in [0.15, 0.2) is 0 Å². The monoisotopic (exact) mass is 412 g/mol. The number of nitrogens with two attached hydrogens (primary N) is 1. The maximum atomic E-state index is 11.3. The summed E-state index contributed by atoms with van der Waals surface area (Å²) in [5.41, 5.74) is 3.64. The molecule has 0 aliphatic carbocycles. The number of hydrogen-bond acceptors (Lipinski definition) is 6. The number of nitro groups is 1. The summed E-state index contributed by atoms with van der Waals surface area (Å²) in [7, 11) is -4.03. The van der Waals surface area contributed by atoms with Gasteiger partial charge in [0.1, 0.15) is 5.69 Å². The fourth-order valence-electron chi connectivity index (χ4n) is 1.83. The maximum absolute atomic E-state index is 11.3. The van der Waals surface area contributed by atoms with Gasteiger partial charge in [-0.05, 0) is 36.8 Å². The minimum atomic E-state index is -4.03. The molecule has 2 aromatic rings. The van der Waals surface area contributed by atoms with E-state index in [1.807, 2.05) is 24.3 Å². The summed E-state index contributed by atoms with van der Waals surface area (Å²) < 4.78 is 23.5. The third kappa shape index (κ3) is 4.37. The van der Waals surface area contributed by atoms with Crippen LogP contribution in [0.2, 0.25) is 0 Å². The van der Waals surface area contributed by atoms with Gasteiger partial charge in [-0.2, -0.15) is 5.10 Å². The number of nitrogens with one attached hydrogen (secondary N) is 1. The van der Waals surface area contributed by atoms with Crippen molar-refractivity contribution >= 4 is 43.0 Å². The second-order valence-corrected chi connectivity index (χ2v) is 7.27. The molecule has 0 aromatic heterocycles. The van der Waals surface area contributed by atoms with E-state index in [4.69, 9.17) is 5.14 Å². The van der Waals surface area contributed by atoms with Crippen LogP contribution in [-0.4, -0.2) is 19.1 Å². The Hall–Kier alpha value is -2.30. The van der Waals surface area contributed by atoms with Crippen molar-refractivity contribution in [2.24, 2.45) is 10.2 Å². The lowest BCUT2D eigenvalue weighted by molar-refractivity contribution is -0.384. The zero-order valence-electron chi connectivity index (χ0n) is 12.4. The van der Waals surface area contributed by atoms with Crippen LogP contribution in [0.4, 0.5) is 11.4 Å². The van der Waals surface area contributed by atoms with Crippen LogP contribution in [0.5, 0.6) is 0 Å². The first-order valence-electron chi connectivity index (χ1n) is 6.56. The van der Waals surface area contributed by atoms with E-state index in [1.54, 1.807) is 6.92 Å². The van der Waals surface area contributed by atoms with Crippen molar-refractivity contribution < 1.29 is 13.3 Å². The molecule has 0 radical (unpaired) electrons. The number of sulfonamides is 1. The highest BCUT2D eigenvalue weighted by Gasteiger charge is 2.18. The number of primary sulfonamides is 1. The molecule has 8 nitrogen and oxygen atoms in total. The predicted molar refractivity (Wildman–Crippen MR) is 94.4 cm³/mol. The van der Waals surface area contributed by atoms with Crippen molar-refractivity contribution in [2.75, 3.05) is 5.43 Å². The van der Waals surface area contributed by atoms with Crippen LogP contribution >= 0.6 is 15.9 Å². The van der Waals surface area contributed by atoms with Gasteiger partial charge in [-0.3, -0.25) is 15.5 Å². The van der Waals surface area contributed by atoms with E-state index in [2.05, 4.69) is 26.5 Å². The van der Waals surface area contributed by atoms with E-state index in [1.165, 1.54) is 12.1 Å². The van der Waals surface area contributed by atoms with Crippen LogP contribution in [0.3, 0.4) is 0 Å². The van der Waals surface area contributed by atoms with Gasteiger partial charge >= 0.3 is 0 Å². The first kappa shape index (κ1) is 18.0. The summed E-state index contributed by atoms with van der Waals surface area (Å²) >= 11 is 3.33. The zero-order valence-corrected chi connectivity index (χ0v) is 14.8. The minimum absolute atomic E-state index is 0.0591. The Morgan fingerprint density at radius 2 is 1.88 bits per heavy atom. The van der Waals surface area contributed by atoms with Crippen molar-refractivity contribution in [3.05, 3.63) is 62.6 Å². The Labute approximate surface area is 146 Å². The summed E-state index contributed by atoms with van der Waals surface area (Å²) in [4.78, 5) is 10.1. The largest absolute Gasteiger partial charge is 0.295 e. The molecule has 0 bridgehead atoms. The highest BCUT2D eigenvalue weighted by atomic mass is 79.9. The van der Waals surface area contributed by atoms with Crippen LogP contribution < -0.4 is 10.6 Å². The predicted octanol–water partition coefficient (Wildman–Crippen LogP) is 2.84. The average Bonchev–Trinajstić information content (AvgIpc) is 2.52. The van der Waals surface area contributed by atoms with Gasteiger partial charge in [-0.15, -0.1) is 0 Å². The molecule has 24 heavy (non-hydrogen) atoms. The second kappa shape index (κ2) is 7.07. The van der Waals surface area contributed by atoms with E-state index in [9.17, 15) is 18.5 Å². The normalized spacial score (nSPS) is 12.0. The summed E-state index contributed by atoms with van der Waals surface area (Å²) in [6.07, 6.45) is 0. The van der Waals surface area contributed by atoms with Crippen LogP contribution in [0.25, 0.3) is 0 Å². The standard InChI is InChI=1S/C14H13BrN4O4S/c1-9(10-2-4-11(15)5-3-10)17-18-13-7-6-12(24(16,22)23)8-14(13)19(20)21/h2-8,18H,1H3,(H2,16,22,23)/b17-9+. The summed E-state index contributed by atoms with van der Waals surface area (Å²) in [5, 5.41) is 20.2. The lowest BCUT2D eigenvalue weighted by Crippen LogP contribution is -2.12. The molecule has 0 fully saturated rings. The average molecular weight is 413 g/mol. The Morgan fingerprint density at radius 1 is 1.25 bits per heavy atom. The summed E-state index contributed by atoms with van der Waals surface area (Å²) in [6.45, 7) is 1.74. The molecule has 0 unspecified atom stereocenters. The molecular formula is C14H13BrN4O4S.